The van der Waals surface area contributed by atoms with Crippen LogP contribution in [0.5, 0.6) is 5.75 Å². The van der Waals surface area contributed by atoms with Gasteiger partial charge in [-0.25, -0.2) is 0 Å². The zero-order valence-electron chi connectivity index (χ0n) is 10.8. The maximum absolute atomic E-state index is 5.81. The Kier molecular flexibility index (Phi) is 5.33. The molecule has 2 heteroatoms. The van der Waals surface area contributed by atoms with Gasteiger partial charge in [-0.2, -0.15) is 0 Å². The fraction of sp³-hybridized carbons (Fsp3) is 0.571. The van der Waals surface area contributed by atoms with Crippen molar-refractivity contribution in [1.29, 1.82) is 0 Å². The van der Waals surface area contributed by atoms with Crippen LogP contribution in [0.2, 0.25) is 0 Å². The van der Waals surface area contributed by atoms with Gasteiger partial charge in [-0.1, -0.05) is 39.0 Å². The van der Waals surface area contributed by atoms with Gasteiger partial charge in [0.05, 0.1) is 6.61 Å². The Morgan fingerprint density at radius 2 is 2.06 bits per heavy atom. The van der Waals surface area contributed by atoms with Crippen LogP contribution in [0.3, 0.4) is 0 Å². The summed E-state index contributed by atoms with van der Waals surface area (Å²) in [4.78, 5) is 0. The fourth-order valence-electron chi connectivity index (χ4n) is 1.58. The van der Waals surface area contributed by atoms with E-state index in [9.17, 15) is 0 Å². The summed E-state index contributed by atoms with van der Waals surface area (Å²) in [5.74, 6) is 1.05. The quantitative estimate of drug-likeness (QED) is 0.796. The minimum Gasteiger partial charge on any atom is -0.493 e. The number of para-hydroxylation sites is 1. The van der Waals surface area contributed by atoms with E-state index in [0.29, 0.717) is 6.04 Å². The lowest BCUT2D eigenvalue weighted by molar-refractivity contribution is 0.311. The van der Waals surface area contributed by atoms with Crippen LogP contribution in [0.1, 0.15) is 38.3 Å². The van der Waals surface area contributed by atoms with Crippen molar-refractivity contribution in [2.45, 2.75) is 46.7 Å². The summed E-state index contributed by atoms with van der Waals surface area (Å²) in [6.45, 7) is 10.2. The molecule has 0 radical (unpaired) electrons. The molecule has 0 aliphatic carbocycles. The summed E-state index contributed by atoms with van der Waals surface area (Å²) in [5.41, 5.74) is 2.47. The zero-order valence-corrected chi connectivity index (χ0v) is 10.8. The second kappa shape index (κ2) is 6.54. The number of hydrogen-bond acceptors (Lipinski definition) is 2. The molecule has 0 aliphatic heterocycles. The third-order valence-corrected chi connectivity index (χ3v) is 2.44. The largest absolute Gasteiger partial charge is 0.493 e. The smallest absolute Gasteiger partial charge is 0.126 e. The molecule has 0 saturated carbocycles. The molecule has 0 fully saturated rings. The Morgan fingerprint density at radius 3 is 2.69 bits per heavy atom. The highest BCUT2D eigenvalue weighted by Crippen LogP contribution is 2.23. The van der Waals surface area contributed by atoms with Crippen molar-refractivity contribution in [3.63, 3.8) is 0 Å². The molecule has 0 bridgehead atoms. The summed E-state index contributed by atoms with van der Waals surface area (Å²) in [5, 5.41) is 3.43. The van der Waals surface area contributed by atoms with E-state index in [0.717, 1.165) is 25.3 Å². The molecule has 1 aromatic rings. The van der Waals surface area contributed by atoms with Crippen LogP contribution >= 0.6 is 0 Å². The summed E-state index contributed by atoms with van der Waals surface area (Å²) >= 11 is 0. The summed E-state index contributed by atoms with van der Waals surface area (Å²) in [6, 6.07) is 6.82. The Bertz CT molecular complexity index is 321. The first-order chi connectivity index (χ1) is 7.65. The molecular weight excluding hydrogens is 198 g/mol. The number of benzene rings is 1. The van der Waals surface area contributed by atoms with Crippen molar-refractivity contribution in [3.8, 4) is 5.75 Å². The third kappa shape index (κ3) is 3.86. The molecule has 90 valence electrons. The van der Waals surface area contributed by atoms with Gasteiger partial charge in [0.25, 0.3) is 0 Å². The van der Waals surface area contributed by atoms with Crippen LogP contribution in [0.4, 0.5) is 0 Å². The van der Waals surface area contributed by atoms with Gasteiger partial charge in [0, 0.05) is 18.2 Å². The molecule has 0 heterocycles. The van der Waals surface area contributed by atoms with Crippen LogP contribution in [0, 0.1) is 6.92 Å². The average molecular weight is 221 g/mol. The number of aryl methyl sites for hydroxylation is 1. The lowest BCUT2D eigenvalue weighted by Crippen LogP contribution is -2.22. The van der Waals surface area contributed by atoms with Crippen LogP contribution in [0.25, 0.3) is 0 Å². The SMILES string of the molecule is CCCOc1c(C)cccc1CNC(C)C. The fourth-order valence-corrected chi connectivity index (χ4v) is 1.58. The van der Waals surface area contributed by atoms with Crippen LogP contribution in [0.15, 0.2) is 18.2 Å². The van der Waals surface area contributed by atoms with Gasteiger partial charge < -0.3 is 10.1 Å². The van der Waals surface area contributed by atoms with Crippen LogP contribution in [-0.2, 0) is 6.54 Å². The normalized spacial score (nSPS) is 10.8. The van der Waals surface area contributed by atoms with Gasteiger partial charge in [-0.15, -0.1) is 0 Å². The molecule has 16 heavy (non-hydrogen) atoms. The van der Waals surface area contributed by atoms with Crippen LogP contribution in [-0.4, -0.2) is 12.6 Å². The van der Waals surface area contributed by atoms with Crippen molar-refractivity contribution in [2.75, 3.05) is 6.61 Å². The van der Waals surface area contributed by atoms with Gasteiger partial charge in [0.15, 0.2) is 0 Å². The molecular formula is C14H23NO. The summed E-state index contributed by atoms with van der Waals surface area (Å²) in [6.07, 6.45) is 1.05. The highest BCUT2D eigenvalue weighted by atomic mass is 16.5. The van der Waals surface area contributed by atoms with E-state index in [2.05, 4.69) is 51.2 Å². The standard InChI is InChI=1S/C14H23NO/c1-5-9-16-14-12(4)7-6-8-13(14)10-15-11(2)3/h6-8,11,15H,5,9-10H2,1-4H3. The number of ether oxygens (including phenoxy) is 1. The zero-order chi connectivity index (χ0) is 12.0. The van der Waals surface area contributed by atoms with Crippen molar-refractivity contribution < 1.29 is 4.74 Å². The predicted molar refractivity (Wildman–Crippen MR) is 68.9 cm³/mol. The van der Waals surface area contributed by atoms with E-state index >= 15 is 0 Å². The first-order valence-electron chi connectivity index (χ1n) is 6.09. The van der Waals surface area contributed by atoms with Gasteiger partial charge in [-0.05, 0) is 18.9 Å². The Labute approximate surface area is 99.0 Å². The Balaban J connectivity index is 2.76. The number of rotatable bonds is 6. The second-order valence-corrected chi connectivity index (χ2v) is 4.45. The van der Waals surface area contributed by atoms with E-state index in [1.165, 1.54) is 11.1 Å². The molecule has 1 N–H and O–H groups in total. The van der Waals surface area contributed by atoms with Crippen molar-refractivity contribution in [1.82, 2.24) is 5.32 Å². The van der Waals surface area contributed by atoms with E-state index in [4.69, 9.17) is 4.74 Å². The molecule has 0 amide bonds. The molecule has 0 atom stereocenters. The maximum Gasteiger partial charge on any atom is 0.126 e. The van der Waals surface area contributed by atoms with E-state index in [1.54, 1.807) is 0 Å². The van der Waals surface area contributed by atoms with Gasteiger partial charge >= 0.3 is 0 Å². The lowest BCUT2D eigenvalue weighted by atomic mass is 10.1. The first kappa shape index (κ1) is 13.0. The van der Waals surface area contributed by atoms with Crippen molar-refractivity contribution in [2.24, 2.45) is 0 Å². The molecule has 0 unspecified atom stereocenters. The molecule has 1 aromatic carbocycles. The van der Waals surface area contributed by atoms with Crippen molar-refractivity contribution in [3.05, 3.63) is 29.3 Å². The molecule has 0 spiro atoms. The summed E-state index contributed by atoms with van der Waals surface area (Å²) < 4.78 is 5.81. The molecule has 0 aromatic heterocycles. The Hall–Kier alpha value is -1.02. The highest BCUT2D eigenvalue weighted by Gasteiger charge is 2.06. The minimum absolute atomic E-state index is 0.500. The second-order valence-electron chi connectivity index (χ2n) is 4.45. The van der Waals surface area contributed by atoms with E-state index < -0.39 is 0 Å². The molecule has 2 nitrogen and oxygen atoms in total. The topological polar surface area (TPSA) is 21.3 Å². The van der Waals surface area contributed by atoms with E-state index in [-0.39, 0.29) is 0 Å². The monoisotopic (exact) mass is 221 g/mol. The van der Waals surface area contributed by atoms with Gasteiger partial charge in [-0.3, -0.25) is 0 Å². The number of nitrogens with one attached hydrogen (secondary N) is 1. The van der Waals surface area contributed by atoms with E-state index in [1.807, 2.05) is 0 Å². The lowest BCUT2D eigenvalue weighted by Gasteiger charge is -2.15. The maximum atomic E-state index is 5.81. The Morgan fingerprint density at radius 1 is 1.31 bits per heavy atom. The average Bonchev–Trinajstić information content (AvgIpc) is 2.25. The molecule has 1 rings (SSSR count). The highest BCUT2D eigenvalue weighted by molar-refractivity contribution is 5.40. The molecule has 0 aliphatic rings. The van der Waals surface area contributed by atoms with Gasteiger partial charge in [0.1, 0.15) is 5.75 Å². The summed E-state index contributed by atoms with van der Waals surface area (Å²) in [7, 11) is 0. The predicted octanol–water partition coefficient (Wildman–Crippen LogP) is 3.28. The first-order valence-corrected chi connectivity index (χ1v) is 6.09. The van der Waals surface area contributed by atoms with Crippen molar-refractivity contribution >= 4 is 0 Å². The van der Waals surface area contributed by atoms with Crippen LogP contribution < -0.4 is 10.1 Å². The number of hydrogen-bond donors (Lipinski definition) is 1. The molecule has 0 saturated heterocycles. The van der Waals surface area contributed by atoms with Gasteiger partial charge in [0.2, 0.25) is 0 Å². The minimum atomic E-state index is 0.500. The third-order valence-electron chi connectivity index (χ3n) is 2.44.